The SMILES string of the molecule is CC1CCC(C(=O)N2CCO[C@@H](CN3CCC(O)CC3)[C@@H]2c2ccccc2)CC1. The van der Waals surface area contributed by atoms with Crippen LogP contribution in [-0.4, -0.2) is 65.8 Å². The number of aliphatic hydroxyl groups is 1. The largest absolute Gasteiger partial charge is 0.393 e. The Hall–Kier alpha value is -1.43. The van der Waals surface area contributed by atoms with Gasteiger partial charge >= 0.3 is 0 Å². The number of likely N-dealkylation sites (tertiary alicyclic amines) is 1. The van der Waals surface area contributed by atoms with E-state index in [0.717, 1.165) is 64.1 Å². The number of nitrogens with zero attached hydrogens (tertiary/aromatic N) is 2. The van der Waals surface area contributed by atoms with Crippen molar-refractivity contribution in [1.82, 2.24) is 9.80 Å². The maximum atomic E-state index is 13.5. The molecule has 1 amide bonds. The van der Waals surface area contributed by atoms with Crippen molar-refractivity contribution >= 4 is 5.91 Å². The zero-order chi connectivity index (χ0) is 20.2. The second-order valence-corrected chi connectivity index (χ2v) is 9.28. The van der Waals surface area contributed by atoms with Gasteiger partial charge in [-0.05, 0) is 50.0 Å². The number of amides is 1. The van der Waals surface area contributed by atoms with Gasteiger partial charge in [0, 0.05) is 32.1 Å². The van der Waals surface area contributed by atoms with E-state index in [1.165, 1.54) is 5.56 Å². The van der Waals surface area contributed by atoms with Gasteiger partial charge in [-0.25, -0.2) is 0 Å². The highest BCUT2D eigenvalue weighted by atomic mass is 16.5. The van der Waals surface area contributed by atoms with Gasteiger partial charge in [-0.3, -0.25) is 4.79 Å². The zero-order valence-corrected chi connectivity index (χ0v) is 17.7. The molecule has 2 atom stereocenters. The minimum atomic E-state index is -0.171. The Morgan fingerprint density at radius 1 is 1.03 bits per heavy atom. The molecule has 1 aromatic rings. The number of ether oxygens (including phenoxy) is 1. The molecule has 0 aromatic heterocycles. The third kappa shape index (κ3) is 5.01. The molecule has 0 radical (unpaired) electrons. The third-order valence-corrected chi connectivity index (χ3v) is 7.14. The third-order valence-electron chi connectivity index (χ3n) is 7.14. The Bertz CT molecular complexity index is 651. The van der Waals surface area contributed by atoms with Crippen LogP contribution in [0.2, 0.25) is 0 Å². The Balaban J connectivity index is 1.52. The summed E-state index contributed by atoms with van der Waals surface area (Å²) in [6.45, 7) is 6.21. The summed E-state index contributed by atoms with van der Waals surface area (Å²) < 4.78 is 6.26. The van der Waals surface area contributed by atoms with Crippen LogP contribution in [-0.2, 0) is 9.53 Å². The first-order chi connectivity index (χ1) is 14.1. The number of hydrogen-bond acceptors (Lipinski definition) is 4. The molecule has 1 saturated carbocycles. The molecule has 4 rings (SSSR count). The molecule has 1 N–H and O–H groups in total. The fourth-order valence-electron chi connectivity index (χ4n) is 5.28. The molecule has 1 aromatic carbocycles. The summed E-state index contributed by atoms with van der Waals surface area (Å²) in [6.07, 6.45) is 5.83. The number of benzene rings is 1. The molecule has 3 aliphatic rings. The van der Waals surface area contributed by atoms with Gasteiger partial charge in [0.25, 0.3) is 0 Å². The van der Waals surface area contributed by atoms with Crippen molar-refractivity contribution in [3.63, 3.8) is 0 Å². The van der Waals surface area contributed by atoms with Crippen LogP contribution in [0.4, 0.5) is 0 Å². The number of carbonyl (C=O) groups is 1. The molecule has 2 aliphatic heterocycles. The Morgan fingerprint density at radius 3 is 2.41 bits per heavy atom. The Labute approximate surface area is 175 Å². The highest BCUT2D eigenvalue weighted by molar-refractivity contribution is 5.79. The highest BCUT2D eigenvalue weighted by Gasteiger charge is 2.40. The molecule has 5 heteroatoms. The molecule has 1 aliphatic carbocycles. The van der Waals surface area contributed by atoms with Gasteiger partial charge in [0.1, 0.15) is 0 Å². The molecule has 5 nitrogen and oxygen atoms in total. The van der Waals surface area contributed by atoms with E-state index in [4.69, 9.17) is 4.74 Å². The van der Waals surface area contributed by atoms with Crippen LogP contribution in [0.25, 0.3) is 0 Å². The van der Waals surface area contributed by atoms with Crippen molar-refractivity contribution in [3.8, 4) is 0 Å². The van der Waals surface area contributed by atoms with Gasteiger partial charge in [-0.15, -0.1) is 0 Å². The number of aliphatic hydroxyl groups excluding tert-OH is 1. The molecule has 0 spiro atoms. The molecule has 29 heavy (non-hydrogen) atoms. The normalized spacial score (nSPS) is 32.3. The van der Waals surface area contributed by atoms with Gasteiger partial charge in [0.2, 0.25) is 5.91 Å². The lowest BCUT2D eigenvalue weighted by Gasteiger charge is -2.45. The summed E-state index contributed by atoms with van der Waals surface area (Å²) in [6, 6.07) is 10.4. The fourth-order valence-corrected chi connectivity index (χ4v) is 5.28. The minimum Gasteiger partial charge on any atom is -0.393 e. The average molecular weight is 401 g/mol. The van der Waals surface area contributed by atoms with Crippen LogP contribution >= 0.6 is 0 Å². The van der Waals surface area contributed by atoms with E-state index in [9.17, 15) is 9.90 Å². The van der Waals surface area contributed by atoms with E-state index in [1.54, 1.807) is 0 Å². The van der Waals surface area contributed by atoms with Crippen LogP contribution in [0.1, 0.15) is 57.1 Å². The van der Waals surface area contributed by atoms with E-state index in [1.807, 2.05) is 6.07 Å². The molecule has 0 unspecified atom stereocenters. The van der Waals surface area contributed by atoms with E-state index in [-0.39, 0.29) is 24.2 Å². The lowest BCUT2D eigenvalue weighted by atomic mass is 9.81. The first-order valence-electron chi connectivity index (χ1n) is 11.5. The maximum Gasteiger partial charge on any atom is 0.226 e. The van der Waals surface area contributed by atoms with Crippen molar-refractivity contribution < 1.29 is 14.6 Å². The molecule has 2 heterocycles. The smallest absolute Gasteiger partial charge is 0.226 e. The molecule has 0 bridgehead atoms. The van der Waals surface area contributed by atoms with E-state index < -0.39 is 0 Å². The highest BCUT2D eigenvalue weighted by Crippen LogP contribution is 2.36. The van der Waals surface area contributed by atoms with Crippen molar-refractivity contribution in [2.75, 3.05) is 32.8 Å². The molecule has 160 valence electrons. The van der Waals surface area contributed by atoms with Crippen LogP contribution in [0, 0.1) is 11.8 Å². The average Bonchev–Trinajstić information content (AvgIpc) is 2.76. The van der Waals surface area contributed by atoms with E-state index in [2.05, 4.69) is 41.0 Å². The standard InChI is InChI=1S/C24H36N2O3/c1-18-7-9-20(10-8-18)24(28)26-15-16-29-22(17-25-13-11-21(27)12-14-25)23(26)19-5-3-2-4-6-19/h2-6,18,20-23,27H,7-17H2,1H3/t18?,20?,22-,23-/m0/s1. The predicted molar refractivity (Wildman–Crippen MR) is 113 cm³/mol. The summed E-state index contributed by atoms with van der Waals surface area (Å²) in [4.78, 5) is 18.1. The van der Waals surface area contributed by atoms with Crippen LogP contribution in [0.3, 0.4) is 0 Å². The van der Waals surface area contributed by atoms with E-state index >= 15 is 0 Å². The van der Waals surface area contributed by atoms with Crippen molar-refractivity contribution in [2.24, 2.45) is 11.8 Å². The molecular formula is C24H36N2O3. The van der Waals surface area contributed by atoms with Crippen molar-refractivity contribution in [2.45, 2.75) is 63.7 Å². The number of rotatable bonds is 4. The van der Waals surface area contributed by atoms with E-state index in [0.29, 0.717) is 19.1 Å². The summed E-state index contributed by atoms with van der Waals surface area (Å²) >= 11 is 0. The Morgan fingerprint density at radius 2 is 1.72 bits per heavy atom. The summed E-state index contributed by atoms with van der Waals surface area (Å²) in [7, 11) is 0. The minimum absolute atomic E-state index is 0.0205. The van der Waals surface area contributed by atoms with Gasteiger partial charge < -0.3 is 19.6 Å². The second kappa shape index (κ2) is 9.59. The number of piperidine rings is 1. The second-order valence-electron chi connectivity index (χ2n) is 9.28. The summed E-state index contributed by atoms with van der Waals surface area (Å²) in [5, 5.41) is 9.83. The van der Waals surface area contributed by atoms with Crippen LogP contribution in [0.15, 0.2) is 30.3 Å². The fraction of sp³-hybridized carbons (Fsp3) is 0.708. The maximum absolute atomic E-state index is 13.5. The molecular weight excluding hydrogens is 364 g/mol. The molecule has 3 fully saturated rings. The van der Waals surface area contributed by atoms with Crippen LogP contribution < -0.4 is 0 Å². The van der Waals surface area contributed by atoms with Gasteiger partial charge in [-0.2, -0.15) is 0 Å². The Kier molecular flexibility index (Phi) is 6.88. The number of carbonyl (C=O) groups excluding carboxylic acids is 1. The monoisotopic (exact) mass is 400 g/mol. The van der Waals surface area contributed by atoms with Gasteiger partial charge in [0.15, 0.2) is 0 Å². The topological polar surface area (TPSA) is 53.0 Å². The number of hydrogen-bond donors (Lipinski definition) is 1. The van der Waals surface area contributed by atoms with Gasteiger partial charge in [-0.1, -0.05) is 37.3 Å². The van der Waals surface area contributed by atoms with Crippen LogP contribution in [0.5, 0.6) is 0 Å². The predicted octanol–water partition coefficient (Wildman–Crippen LogP) is 3.24. The lowest BCUT2D eigenvalue weighted by Crippen LogP contribution is -2.54. The zero-order valence-electron chi connectivity index (χ0n) is 17.7. The first kappa shape index (κ1) is 20.8. The summed E-state index contributed by atoms with van der Waals surface area (Å²) in [5.74, 6) is 1.24. The summed E-state index contributed by atoms with van der Waals surface area (Å²) in [5.41, 5.74) is 1.17. The molecule has 2 saturated heterocycles. The van der Waals surface area contributed by atoms with Gasteiger partial charge in [0.05, 0.1) is 24.9 Å². The quantitative estimate of drug-likeness (QED) is 0.843. The first-order valence-corrected chi connectivity index (χ1v) is 11.5. The van der Waals surface area contributed by atoms with Crippen molar-refractivity contribution in [3.05, 3.63) is 35.9 Å². The van der Waals surface area contributed by atoms with Crippen molar-refractivity contribution in [1.29, 1.82) is 0 Å². The lowest BCUT2D eigenvalue weighted by molar-refractivity contribution is -0.154. The number of morpholine rings is 1.